The van der Waals surface area contributed by atoms with E-state index in [4.69, 9.17) is 9.47 Å². The van der Waals surface area contributed by atoms with Crippen molar-refractivity contribution in [3.05, 3.63) is 18.2 Å². The Labute approximate surface area is 123 Å². The van der Waals surface area contributed by atoms with Gasteiger partial charge in [0.2, 0.25) is 0 Å². The molecule has 0 spiro atoms. The van der Waals surface area contributed by atoms with Gasteiger partial charge in [0.15, 0.2) is 0 Å². The van der Waals surface area contributed by atoms with Crippen LogP contribution < -0.4 is 25.4 Å². The van der Waals surface area contributed by atoms with E-state index < -0.39 is 11.6 Å². The van der Waals surface area contributed by atoms with Crippen molar-refractivity contribution >= 4 is 11.7 Å². The molecule has 1 atom stereocenters. The lowest BCUT2D eigenvalue weighted by Gasteiger charge is -2.21. The first kappa shape index (κ1) is 15.4. The number of amides is 2. The van der Waals surface area contributed by atoms with Gasteiger partial charge in [0, 0.05) is 19.2 Å². The second kappa shape index (κ2) is 6.64. The van der Waals surface area contributed by atoms with Gasteiger partial charge in [0.25, 0.3) is 0 Å². The second-order valence-electron chi connectivity index (χ2n) is 5.03. The molecule has 0 saturated carbocycles. The van der Waals surface area contributed by atoms with E-state index in [1.54, 1.807) is 25.3 Å². The fourth-order valence-corrected chi connectivity index (χ4v) is 2.19. The predicted octanol–water partition coefficient (Wildman–Crippen LogP) is 0.550. The van der Waals surface area contributed by atoms with Crippen LogP contribution in [0.4, 0.5) is 10.5 Å². The molecule has 21 heavy (non-hydrogen) atoms. The molecule has 2 amide bonds. The normalized spacial score (nSPS) is 20.9. The van der Waals surface area contributed by atoms with Crippen LogP contribution in [-0.2, 0) is 0 Å². The first-order chi connectivity index (χ1) is 10.1. The average Bonchev–Trinajstić information content (AvgIpc) is 2.93. The molecule has 2 rings (SSSR count). The number of rotatable bonds is 5. The van der Waals surface area contributed by atoms with Crippen molar-refractivity contribution < 1.29 is 19.4 Å². The highest BCUT2D eigenvalue weighted by Gasteiger charge is 2.31. The molecule has 1 aromatic carbocycles. The van der Waals surface area contributed by atoms with Gasteiger partial charge in [0.1, 0.15) is 11.5 Å². The molecule has 0 unspecified atom stereocenters. The number of β-amino-alcohol motifs (C(OH)–C–C–N with tert-alkyl or cyclic N) is 1. The van der Waals surface area contributed by atoms with E-state index in [0.717, 1.165) is 6.54 Å². The number of hydrogen-bond donors (Lipinski definition) is 4. The Bertz CT molecular complexity index is 501. The Kier molecular flexibility index (Phi) is 4.87. The minimum atomic E-state index is -0.874. The van der Waals surface area contributed by atoms with Gasteiger partial charge < -0.3 is 30.5 Å². The lowest BCUT2D eigenvalue weighted by Crippen LogP contribution is -2.45. The zero-order valence-electron chi connectivity index (χ0n) is 12.2. The minimum Gasteiger partial charge on any atom is -0.497 e. The summed E-state index contributed by atoms with van der Waals surface area (Å²) >= 11 is 0. The number of aliphatic hydroxyl groups is 1. The Hall–Kier alpha value is -1.99. The van der Waals surface area contributed by atoms with Gasteiger partial charge in [-0.05, 0) is 25.1 Å². The molecule has 0 bridgehead atoms. The molecular formula is C14H21N3O4. The lowest BCUT2D eigenvalue weighted by molar-refractivity contribution is 0.0640. The summed E-state index contributed by atoms with van der Waals surface area (Å²) in [5, 5.41) is 18.5. The van der Waals surface area contributed by atoms with Crippen LogP contribution in [0.15, 0.2) is 18.2 Å². The molecule has 1 fully saturated rings. The number of anilines is 1. The molecule has 1 aromatic rings. The number of hydrogen-bond acceptors (Lipinski definition) is 5. The topological polar surface area (TPSA) is 91.9 Å². The standard InChI is InChI=1S/C14H21N3O4/c1-20-10-3-4-11(12(7-10)21-2)17-13(18)16-9-14(19)5-6-15-8-14/h3-4,7,15,19H,5-6,8-9H2,1-2H3,(H2,16,17,18)/t14-/m1/s1. The van der Waals surface area contributed by atoms with Gasteiger partial charge in [-0.25, -0.2) is 4.79 Å². The Morgan fingerprint density at radius 2 is 2.24 bits per heavy atom. The van der Waals surface area contributed by atoms with Crippen molar-refractivity contribution in [2.45, 2.75) is 12.0 Å². The molecule has 116 valence electrons. The summed E-state index contributed by atoms with van der Waals surface area (Å²) in [6, 6.07) is 4.72. The van der Waals surface area contributed by atoms with Crippen LogP contribution in [0.1, 0.15) is 6.42 Å². The maximum Gasteiger partial charge on any atom is 0.319 e. The summed E-state index contributed by atoms with van der Waals surface area (Å²) in [5.41, 5.74) is -0.339. The quantitative estimate of drug-likeness (QED) is 0.637. The third kappa shape index (κ3) is 3.99. The maximum atomic E-state index is 11.9. The van der Waals surface area contributed by atoms with Crippen LogP contribution in [-0.4, -0.2) is 50.6 Å². The molecule has 1 saturated heterocycles. The van der Waals surface area contributed by atoms with Crippen LogP contribution >= 0.6 is 0 Å². The highest BCUT2D eigenvalue weighted by atomic mass is 16.5. The summed E-state index contributed by atoms with van der Waals surface area (Å²) in [6.07, 6.45) is 0.624. The minimum absolute atomic E-state index is 0.199. The largest absolute Gasteiger partial charge is 0.497 e. The second-order valence-corrected chi connectivity index (χ2v) is 5.03. The Morgan fingerprint density at radius 1 is 1.43 bits per heavy atom. The van der Waals surface area contributed by atoms with Crippen molar-refractivity contribution in [2.24, 2.45) is 0 Å². The third-order valence-corrected chi connectivity index (χ3v) is 3.46. The number of nitrogens with one attached hydrogen (secondary N) is 3. The smallest absolute Gasteiger partial charge is 0.319 e. The Balaban J connectivity index is 1.93. The summed E-state index contributed by atoms with van der Waals surface area (Å²) in [7, 11) is 3.08. The molecule has 0 radical (unpaired) electrons. The fraction of sp³-hybridized carbons (Fsp3) is 0.500. The molecule has 7 heteroatoms. The zero-order valence-corrected chi connectivity index (χ0v) is 12.2. The van der Waals surface area contributed by atoms with Crippen molar-refractivity contribution in [3.8, 4) is 11.5 Å². The number of urea groups is 1. The van der Waals surface area contributed by atoms with Crippen LogP contribution in [0.25, 0.3) is 0 Å². The van der Waals surface area contributed by atoms with Gasteiger partial charge in [-0.15, -0.1) is 0 Å². The van der Waals surface area contributed by atoms with Crippen LogP contribution in [0, 0.1) is 0 Å². The molecule has 7 nitrogen and oxygen atoms in total. The number of benzene rings is 1. The number of carbonyl (C=O) groups is 1. The molecule has 0 aromatic heterocycles. The van der Waals surface area contributed by atoms with Gasteiger partial charge >= 0.3 is 6.03 Å². The molecule has 1 aliphatic rings. The number of methoxy groups -OCH3 is 2. The summed E-state index contributed by atoms with van der Waals surface area (Å²) < 4.78 is 10.3. The monoisotopic (exact) mass is 295 g/mol. The Morgan fingerprint density at radius 3 is 2.86 bits per heavy atom. The van der Waals surface area contributed by atoms with Gasteiger partial charge in [-0.2, -0.15) is 0 Å². The summed E-state index contributed by atoms with van der Waals surface area (Å²) in [4.78, 5) is 11.9. The zero-order chi connectivity index (χ0) is 15.3. The lowest BCUT2D eigenvalue weighted by atomic mass is 10.0. The highest BCUT2D eigenvalue weighted by molar-refractivity contribution is 5.91. The van der Waals surface area contributed by atoms with E-state index in [2.05, 4.69) is 16.0 Å². The molecule has 0 aliphatic carbocycles. The molecule has 1 heterocycles. The fourth-order valence-electron chi connectivity index (χ4n) is 2.19. The highest BCUT2D eigenvalue weighted by Crippen LogP contribution is 2.28. The van der Waals surface area contributed by atoms with Crippen LogP contribution in [0.3, 0.4) is 0 Å². The molecule has 1 aliphatic heterocycles. The molecule has 4 N–H and O–H groups in total. The number of carbonyl (C=O) groups excluding carboxylic acids is 1. The summed E-state index contributed by atoms with van der Waals surface area (Å²) in [5.74, 6) is 1.15. The maximum absolute atomic E-state index is 11.9. The van der Waals surface area contributed by atoms with E-state index in [1.807, 2.05) is 0 Å². The van der Waals surface area contributed by atoms with E-state index in [-0.39, 0.29) is 6.54 Å². The van der Waals surface area contributed by atoms with Crippen molar-refractivity contribution in [3.63, 3.8) is 0 Å². The number of ether oxygens (including phenoxy) is 2. The van der Waals surface area contributed by atoms with Crippen molar-refractivity contribution in [2.75, 3.05) is 39.2 Å². The van der Waals surface area contributed by atoms with Gasteiger partial charge in [-0.1, -0.05) is 0 Å². The van der Waals surface area contributed by atoms with E-state index in [9.17, 15) is 9.90 Å². The van der Waals surface area contributed by atoms with Crippen molar-refractivity contribution in [1.82, 2.24) is 10.6 Å². The van der Waals surface area contributed by atoms with Crippen LogP contribution in [0.2, 0.25) is 0 Å². The summed E-state index contributed by atoms with van der Waals surface area (Å²) in [6.45, 7) is 1.44. The van der Waals surface area contributed by atoms with Gasteiger partial charge in [-0.3, -0.25) is 0 Å². The van der Waals surface area contributed by atoms with Crippen LogP contribution in [0.5, 0.6) is 11.5 Å². The van der Waals surface area contributed by atoms with E-state index in [0.29, 0.717) is 30.2 Å². The molecular weight excluding hydrogens is 274 g/mol. The predicted molar refractivity (Wildman–Crippen MR) is 79.0 cm³/mol. The van der Waals surface area contributed by atoms with E-state index in [1.165, 1.54) is 7.11 Å². The van der Waals surface area contributed by atoms with Crippen molar-refractivity contribution in [1.29, 1.82) is 0 Å². The average molecular weight is 295 g/mol. The third-order valence-electron chi connectivity index (χ3n) is 3.46. The first-order valence-electron chi connectivity index (χ1n) is 6.76. The van der Waals surface area contributed by atoms with Gasteiger partial charge in [0.05, 0.1) is 25.5 Å². The SMILES string of the molecule is COc1ccc(NC(=O)NC[C@@]2(O)CCNC2)c(OC)c1. The van der Waals surface area contributed by atoms with E-state index >= 15 is 0 Å². The first-order valence-corrected chi connectivity index (χ1v) is 6.76.